The van der Waals surface area contributed by atoms with Crippen LogP contribution in [0.15, 0.2) is 12.3 Å². The number of fused-ring (bicyclic) bond motifs is 1. The van der Waals surface area contributed by atoms with Crippen molar-refractivity contribution in [1.29, 1.82) is 5.26 Å². The Morgan fingerprint density at radius 3 is 3.11 bits per heavy atom. The summed E-state index contributed by atoms with van der Waals surface area (Å²) in [5.74, 6) is 0.691. The molecule has 2 heterocycles. The molecule has 0 bridgehead atoms. The predicted molar refractivity (Wildman–Crippen MR) is 75.2 cm³/mol. The largest absolute Gasteiger partial charge is 0.362 e. The number of hydrogen-bond donors (Lipinski definition) is 1. The Labute approximate surface area is 116 Å². The van der Waals surface area contributed by atoms with E-state index in [1.165, 1.54) is 10.4 Å². The second-order valence-electron chi connectivity index (χ2n) is 4.67. The molecule has 0 saturated heterocycles. The van der Waals surface area contributed by atoms with Crippen LogP contribution in [0, 0.1) is 18.3 Å². The van der Waals surface area contributed by atoms with Gasteiger partial charge in [-0.2, -0.15) is 5.26 Å². The molecule has 0 spiro atoms. The minimum Gasteiger partial charge on any atom is -0.362 e. The van der Waals surface area contributed by atoms with Crippen LogP contribution in [0.25, 0.3) is 0 Å². The average Bonchev–Trinajstić information content (AvgIpc) is 3.03. The van der Waals surface area contributed by atoms with Gasteiger partial charge in [0.1, 0.15) is 16.9 Å². The first-order valence-corrected chi connectivity index (χ1v) is 7.16. The zero-order chi connectivity index (χ0) is 13.2. The van der Waals surface area contributed by atoms with Crippen molar-refractivity contribution < 1.29 is 0 Å². The molecule has 3 rings (SSSR count). The molecule has 1 N–H and O–H groups in total. The van der Waals surface area contributed by atoms with Crippen molar-refractivity contribution in [2.75, 3.05) is 5.32 Å². The van der Waals surface area contributed by atoms with Gasteiger partial charge in [-0.15, -0.1) is 11.3 Å². The van der Waals surface area contributed by atoms with Crippen LogP contribution in [0.3, 0.4) is 0 Å². The topological polar surface area (TPSA) is 61.6 Å². The zero-order valence-corrected chi connectivity index (χ0v) is 11.5. The van der Waals surface area contributed by atoms with Crippen LogP contribution < -0.4 is 5.32 Å². The number of nitrogens with zero attached hydrogens (tertiary/aromatic N) is 3. The van der Waals surface area contributed by atoms with E-state index in [0.29, 0.717) is 17.9 Å². The number of nitrogens with one attached hydrogen (secondary N) is 1. The SMILES string of the molecule is Cc1cnc(CNc2nc3c(cc2C#N)CCC3)s1. The van der Waals surface area contributed by atoms with Crippen molar-refractivity contribution in [3.8, 4) is 6.07 Å². The predicted octanol–water partition coefficient (Wildman–Crippen LogP) is 2.82. The molecule has 0 radical (unpaired) electrons. The van der Waals surface area contributed by atoms with Crippen LogP contribution in [0.1, 0.15) is 33.1 Å². The molecule has 1 aliphatic carbocycles. The summed E-state index contributed by atoms with van der Waals surface area (Å²) in [7, 11) is 0. The van der Waals surface area contributed by atoms with Gasteiger partial charge in [-0.1, -0.05) is 0 Å². The van der Waals surface area contributed by atoms with Crippen molar-refractivity contribution in [3.05, 3.63) is 39.0 Å². The molecule has 0 saturated carbocycles. The van der Waals surface area contributed by atoms with Crippen LogP contribution in [-0.4, -0.2) is 9.97 Å². The lowest BCUT2D eigenvalue weighted by molar-refractivity contribution is 0.899. The summed E-state index contributed by atoms with van der Waals surface area (Å²) in [6, 6.07) is 4.20. The molecule has 0 aliphatic heterocycles. The third kappa shape index (κ3) is 2.45. The maximum absolute atomic E-state index is 9.21. The normalized spacial score (nSPS) is 13.1. The van der Waals surface area contributed by atoms with E-state index in [1.54, 1.807) is 11.3 Å². The highest BCUT2D eigenvalue weighted by Crippen LogP contribution is 2.25. The van der Waals surface area contributed by atoms with Crippen LogP contribution in [0.4, 0.5) is 5.82 Å². The smallest absolute Gasteiger partial charge is 0.144 e. The molecule has 0 atom stereocenters. The van der Waals surface area contributed by atoms with Crippen LogP contribution in [0.2, 0.25) is 0 Å². The molecule has 4 nitrogen and oxygen atoms in total. The Morgan fingerprint density at radius 2 is 2.37 bits per heavy atom. The number of nitriles is 1. The van der Waals surface area contributed by atoms with Gasteiger partial charge in [0.05, 0.1) is 12.1 Å². The summed E-state index contributed by atoms with van der Waals surface area (Å²) in [6.07, 6.45) is 5.07. The van der Waals surface area contributed by atoms with Gasteiger partial charge in [0.2, 0.25) is 0 Å². The molecule has 0 amide bonds. The number of anilines is 1. The van der Waals surface area contributed by atoms with E-state index < -0.39 is 0 Å². The monoisotopic (exact) mass is 270 g/mol. The maximum atomic E-state index is 9.21. The number of hydrogen-bond acceptors (Lipinski definition) is 5. The van der Waals surface area contributed by atoms with Gasteiger partial charge in [0.15, 0.2) is 0 Å². The number of aromatic nitrogens is 2. The number of rotatable bonds is 3. The van der Waals surface area contributed by atoms with Crippen molar-refractivity contribution in [1.82, 2.24) is 9.97 Å². The minimum absolute atomic E-state index is 0.624. The molecule has 96 valence electrons. The van der Waals surface area contributed by atoms with Gasteiger partial charge in [-0.3, -0.25) is 0 Å². The molecular weight excluding hydrogens is 256 g/mol. The Hall–Kier alpha value is -1.93. The molecule has 0 fully saturated rings. The maximum Gasteiger partial charge on any atom is 0.144 e. The number of pyridine rings is 1. The summed E-state index contributed by atoms with van der Waals surface area (Å²) < 4.78 is 0. The number of aryl methyl sites for hydroxylation is 3. The zero-order valence-electron chi connectivity index (χ0n) is 10.7. The van der Waals surface area contributed by atoms with E-state index in [-0.39, 0.29) is 0 Å². The molecule has 0 unspecified atom stereocenters. The average molecular weight is 270 g/mol. The minimum atomic E-state index is 0.624. The van der Waals surface area contributed by atoms with Crippen molar-refractivity contribution >= 4 is 17.2 Å². The first-order valence-electron chi connectivity index (χ1n) is 6.34. The highest BCUT2D eigenvalue weighted by atomic mass is 32.1. The lowest BCUT2D eigenvalue weighted by atomic mass is 10.1. The highest BCUT2D eigenvalue weighted by molar-refractivity contribution is 7.11. The van der Waals surface area contributed by atoms with Gasteiger partial charge in [0.25, 0.3) is 0 Å². The third-order valence-electron chi connectivity index (χ3n) is 3.25. The molecule has 1 aliphatic rings. The standard InChI is InChI=1S/C14H14N4S/c1-9-7-16-13(19-9)8-17-14-11(6-15)5-10-3-2-4-12(10)18-14/h5,7H,2-4,8H2,1H3,(H,17,18). The fraction of sp³-hybridized carbons (Fsp3) is 0.357. The van der Waals surface area contributed by atoms with Gasteiger partial charge >= 0.3 is 0 Å². The third-order valence-corrected chi connectivity index (χ3v) is 4.16. The van der Waals surface area contributed by atoms with Crippen LogP contribution in [0.5, 0.6) is 0 Å². The number of thiazole rings is 1. The van der Waals surface area contributed by atoms with Crippen LogP contribution in [-0.2, 0) is 19.4 Å². The molecule has 2 aromatic rings. The van der Waals surface area contributed by atoms with Gasteiger partial charge < -0.3 is 5.32 Å². The van der Waals surface area contributed by atoms with Gasteiger partial charge in [0, 0.05) is 16.8 Å². The summed E-state index contributed by atoms with van der Waals surface area (Å²) >= 11 is 1.66. The van der Waals surface area contributed by atoms with Crippen LogP contribution >= 0.6 is 11.3 Å². The Kier molecular flexibility index (Phi) is 3.18. The first-order chi connectivity index (χ1) is 9.26. The van der Waals surface area contributed by atoms with Crippen molar-refractivity contribution in [2.24, 2.45) is 0 Å². The van der Waals surface area contributed by atoms with Crippen molar-refractivity contribution in [2.45, 2.75) is 32.7 Å². The van der Waals surface area contributed by atoms with Gasteiger partial charge in [-0.05, 0) is 37.8 Å². The fourth-order valence-corrected chi connectivity index (χ4v) is 3.06. The highest BCUT2D eigenvalue weighted by Gasteiger charge is 2.16. The van der Waals surface area contributed by atoms with E-state index in [9.17, 15) is 5.26 Å². The van der Waals surface area contributed by atoms with E-state index in [0.717, 1.165) is 30.0 Å². The Bertz CT molecular complexity index is 654. The Balaban J connectivity index is 1.82. The molecule has 0 aromatic carbocycles. The molecule has 5 heteroatoms. The summed E-state index contributed by atoms with van der Waals surface area (Å²) in [4.78, 5) is 10.1. The lowest BCUT2D eigenvalue weighted by Gasteiger charge is -2.08. The lowest BCUT2D eigenvalue weighted by Crippen LogP contribution is -2.05. The van der Waals surface area contributed by atoms with E-state index >= 15 is 0 Å². The Morgan fingerprint density at radius 1 is 1.47 bits per heavy atom. The van der Waals surface area contributed by atoms with E-state index in [4.69, 9.17) is 0 Å². The van der Waals surface area contributed by atoms with Gasteiger partial charge in [-0.25, -0.2) is 9.97 Å². The van der Waals surface area contributed by atoms with Crippen molar-refractivity contribution in [3.63, 3.8) is 0 Å². The van der Waals surface area contributed by atoms with E-state index in [1.807, 2.05) is 19.2 Å². The second kappa shape index (κ2) is 4.98. The molecule has 2 aromatic heterocycles. The fourth-order valence-electron chi connectivity index (χ4n) is 2.33. The summed E-state index contributed by atoms with van der Waals surface area (Å²) in [5.41, 5.74) is 3.00. The second-order valence-corrected chi connectivity index (χ2v) is 5.99. The summed E-state index contributed by atoms with van der Waals surface area (Å²) in [6.45, 7) is 2.66. The quantitative estimate of drug-likeness (QED) is 0.931. The summed E-state index contributed by atoms with van der Waals surface area (Å²) in [5, 5.41) is 13.5. The van der Waals surface area contributed by atoms with E-state index in [2.05, 4.69) is 21.4 Å². The molecular formula is C14H14N4S. The molecule has 19 heavy (non-hydrogen) atoms. The first kappa shape index (κ1) is 12.1.